The van der Waals surface area contributed by atoms with Crippen molar-refractivity contribution in [2.75, 3.05) is 13.7 Å². The summed E-state index contributed by atoms with van der Waals surface area (Å²) >= 11 is 6.02. The molecule has 0 aromatic heterocycles. The lowest BCUT2D eigenvalue weighted by molar-refractivity contribution is -0.145. The lowest BCUT2D eigenvalue weighted by atomic mass is 10.2. The molecule has 0 radical (unpaired) electrons. The van der Waals surface area contributed by atoms with Gasteiger partial charge in [-0.1, -0.05) is 11.8 Å². The lowest BCUT2D eigenvalue weighted by Crippen LogP contribution is -2.31. The molecule has 76 valence electrons. The smallest absolute Gasteiger partial charge is 0.322 e. The number of hydrogen-bond acceptors (Lipinski definition) is 5. The summed E-state index contributed by atoms with van der Waals surface area (Å²) in [5.74, 6) is -0.278. The first-order valence-electron chi connectivity index (χ1n) is 3.88. The summed E-state index contributed by atoms with van der Waals surface area (Å²) in [6.07, 6.45) is 0. The number of carbonyl (C=O) groups is 1. The molecule has 0 aliphatic heterocycles. The van der Waals surface area contributed by atoms with Crippen molar-refractivity contribution in [1.82, 2.24) is 0 Å². The molecule has 0 N–H and O–H groups in total. The summed E-state index contributed by atoms with van der Waals surface area (Å²) in [6.45, 7) is 5.65. The van der Waals surface area contributed by atoms with Gasteiger partial charge in [-0.05, 0) is 33.0 Å². The molecular weight excluding hydrogens is 208 g/mol. The molecule has 0 bridgehead atoms. The molecule has 0 amide bonds. The fourth-order valence-electron chi connectivity index (χ4n) is 0.597. The number of carbonyl (C=O) groups excluding carboxylic acids is 1. The maximum atomic E-state index is 11.4. The normalized spacial score (nSPS) is 10.8. The van der Waals surface area contributed by atoms with Crippen LogP contribution >= 0.6 is 24.0 Å². The van der Waals surface area contributed by atoms with Gasteiger partial charge in [0.15, 0.2) is 0 Å². The van der Waals surface area contributed by atoms with Crippen LogP contribution in [0.1, 0.15) is 20.8 Å². The third-order valence-corrected chi connectivity index (χ3v) is 2.70. The van der Waals surface area contributed by atoms with Crippen LogP contribution in [0.25, 0.3) is 0 Å². The van der Waals surface area contributed by atoms with Crippen molar-refractivity contribution in [2.45, 2.75) is 25.5 Å². The van der Waals surface area contributed by atoms with E-state index in [1.54, 1.807) is 20.8 Å². The van der Waals surface area contributed by atoms with Gasteiger partial charge in [0.25, 0.3) is 0 Å². The summed E-state index contributed by atoms with van der Waals surface area (Å²) < 4.78 is 9.35. The highest BCUT2D eigenvalue weighted by molar-refractivity contribution is 8.23. The van der Waals surface area contributed by atoms with Crippen molar-refractivity contribution >= 4 is 34.3 Å². The van der Waals surface area contributed by atoms with Gasteiger partial charge < -0.3 is 9.47 Å². The number of thiocarbonyl (C=S) groups is 1. The highest BCUT2D eigenvalue weighted by atomic mass is 32.2. The van der Waals surface area contributed by atoms with Crippen LogP contribution in [0.4, 0.5) is 0 Å². The Morgan fingerprint density at radius 2 is 2.08 bits per heavy atom. The molecule has 0 aliphatic rings. The fraction of sp³-hybridized carbons (Fsp3) is 0.750. The number of ether oxygens (including phenoxy) is 2. The van der Waals surface area contributed by atoms with E-state index in [1.807, 2.05) is 0 Å². The van der Waals surface area contributed by atoms with Gasteiger partial charge in [-0.15, -0.1) is 0 Å². The molecule has 0 aliphatic carbocycles. The molecule has 13 heavy (non-hydrogen) atoms. The molecule has 0 saturated carbocycles. The Labute approximate surface area is 88.2 Å². The quantitative estimate of drug-likeness (QED) is 0.539. The van der Waals surface area contributed by atoms with E-state index in [2.05, 4.69) is 0 Å². The molecule has 0 aromatic carbocycles. The molecular formula is C8H14O3S2. The standard InChI is InChI=1S/C8H14O3S2/c1-5-11-6(9)8(2,3)13-7(12)10-4/h5H2,1-4H3. The van der Waals surface area contributed by atoms with E-state index < -0.39 is 4.75 Å². The average molecular weight is 222 g/mol. The Morgan fingerprint density at radius 3 is 2.46 bits per heavy atom. The maximum Gasteiger partial charge on any atom is 0.322 e. The predicted octanol–water partition coefficient (Wildman–Crippen LogP) is 1.99. The van der Waals surface area contributed by atoms with Crippen molar-refractivity contribution in [2.24, 2.45) is 0 Å². The third kappa shape index (κ3) is 4.47. The largest absolute Gasteiger partial charge is 0.482 e. The van der Waals surface area contributed by atoms with E-state index in [0.717, 1.165) is 0 Å². The minimum absolute atomic E-state index is 0.278. The first-order valence-corrected chi connectivity index (χ1v) is 5.10. The zero-order chi connectivity index (χ0) is 10.5. The van der Waals surface area contributed by atoms with Gasteiger partial charge in [0.05, 0.1) is 13.7 Å². The second kappa shape index (κ2) is 5.44. The van der Waals surface area contributed by atoms with Crippen molar-refractivity contribution in [3.05, 3.63) is 0 Å². The summed E-state index contributed by atoms with van der Waals surface area (Å²) in [6, 6.07) is 0. The Kier molecular flexibility index (Phi) is 5.32. The van der Waals surface area contributed by atoms with Crippen LogP contribution in [0.3, 0.4) is 0 Å². The first kappa shape index (κ1) is 12.7. The van der Waals surface area contributed by atoms with Crippen molar-refractivity contribution in [3.63, 3.8) is 0 Å². The third-order valence-electron chi connectivity index (χ3n) is 1.27. The van der Waals surface area contributed by atoms with Crippen molar-refractivity contribution < 1.29 is 14.3 Å². The van der Waals surface area contributed by atoms with Gasteiger partial charge in [0, 0.05) is 0 Å². The summed E-state index contributed by atoms with van der Waals surface area (Å²) in [4.78, 5) is 11.4. The number of rotatable bonds is 3. The van der Waals surface area contributed by atoms with Gasteiger partial charge >= 0.3 is 5.97 Å². The fourth-order valence-corrected chi connectivity index (χ4v) is 1.86. The second-order valence-electron chi connectivity index (χ2n) is 2.79. The van der Waals surface area contributed by atoms with Crippen molar-refractivity contribution in [1.29, 1.82) is 0 Å². The Balaban J connectivity index is 4.21. The second-order valence-corrected chi connectivity index (χ2v) is 5.01. The van der Waals surface area contributed by atoms with Crippen LogP contribution in [0.15, 0.2) is 0 Å². The first-order chi connectivity index (χ1) is 5.94. The number of thioether (sulfide) groups is 1. The summed E-state index contributed by atoms with van der Waals surface area (Å²) in [5.41, 5.74) is 0. The predicted molar refractivity (Wildman–Crippen MR) is 57.9 cm³/mol. The molecule has 5 heteroatoms. The highest BCUT2D eigenvalue weighted by Gasteiger charge is 2.31. The molecule has 0 spiro atoms. The van der Waals surface area contributed by atoms with Gasteiger partial charge in [-0.3, -0.25) is 4.79 Å². The number of methoxy groups -OCH3 is 1. The molecule has 0 saturated heterocycles. The van der Waals surface area contributed by atoms with Gasteiger partial charge in [-0.25, -0.2) is 0 Å². The molecule has 3 nitrogen and oxygen atoms in total. The molecule has 0 aromatic rings. The number of esters is 1. The topological polar surface area (TPSA) is 35.5 Å². The van der Waals surface area contributed by atoms with E-state index in [1.165, 1.54) is 18.9 Å². The molecule has 0 rings (SSSR count). The van der Waals surface area contributed by atoms with E-state index >= 15 is 0 Å². The number of hydrogen-bond donors (Lipinski definition) is 0. The van der Waals surface area contributed by atoms with Crippen molar-refractivity contribution in [3.8, 4) is 0 Å². The highest BCUT2D eigenvalue weighted by Crippen LogP contribution is 2.27. The van der Waals surface area contributed by atoms with Gasteiger partial charge in [0.1, 0.15) is 4.75 Å². The van der Waals surface area contributed by atoms with Crippen LogP contribution < -0.4 is 0 Å². The van der Waals surface area contributed by atoms with E-state index in [4.69, 9.17) is 21.7 Å². The van der Waals surface area contributed by atoms with Crippen LogP contribution in [-0.4, -0.2) is 28.8 Å². The maximum absolute atomic E-state index is 11.4. The monoisotopic (exact) mass is 222 g/mol. The Hall–Kier alpha value is -0.290. The molecule has 0 fully saturated rings. The van der Waals surface area contributed by atoms with Crippen LogP contribution in [0.2, 0.25) is 0 Å². The van der Waals surface area contributed by atoms with E-state index in [9.17, 15) is 4.79 Å². The summed E-state index contributed by atoms with van der Waals surface area (Å²) in [5, 5.41) is 0. The zero-order valence-electron chi connectivity index (χ0n) is 8.25. The molecule has 0 unspecified atom stereocenters. The van der Waals surface area contributed by atoms with Crippen LogP contribution in [-0.2, 0) is 14.3 Å². The van der Waals surface area contributed by atoms with E-state index in [-0.39, 0.29) is 5.97 Å². The molecule has 0 atom stereocenters. The van der Waals surface area contributed by atoms with E-state index in [0.29, 0.717) is 11.0 Å². The van der Waals surface area contributed by atoms with Crippen LogP contribution in [0, 0.1) is 0 Å². The Morgan fingerprint density at radius 1 is 1.54 bits per heavy atom. The zero-order valence-corrected chi connectivity index (χ0v) is 9.88. The minimum atomic E-state index is -0.677. The lowest BCUT2D eigenvalue weighted by Gasteiger charge is -2.20. The summed E-state index contributed by atoms with van der Waals surface area (Å²) in [7, 11) is 1.48. The van der Waals surface area contributed by atoms with Crippen LogP contribution in [0.5, 0.6) is 0 Å². The molecule has 0 heterocycles. The SMILES string of the molecule is CCOC(=O)C(C)(C)SC(=S)OC. The Bertz CT molecular complexity index is 202. The average Bonchev–Trinajstić information content (AvgIpc) is 2.04. The van der Waals surface area contributed by atoms with Gasteiger partial charge in [0.2, 0.25) is 4.38 Å². The van der Waals surface area contributed by atoms with Gasteiger partial charge in [-0.2, -0.15) is 0 Å². The minimum Gasteiger partial charge on any atom is -0.482 e.